The molecule has 0 saturated carbocycles. The molecule has 0 aliphatic carbocycles. The van der Waals surface area contributed by atoms with Crippen LogP contribution in [0.1, 0.15) is 59.3 Å². The van der Waals surface area contributed by atoms with Gasteiger partial charge < -0.3 is 15.0 Å². The number of rotatable bonds is 7. The van der Waals surface area contributed by atoms with E-state index in [-0.39, 0.29) is 24.0 Å². The number of hydrogen-bond donors (Lipinski definition) is 1. The highest BCUT2D eigenvalue weighted by atomic mass is 16.6. The van der Waals surface area contributed by atoms with Gasteiger partial charge in [0.25, 0.3) is 0 Å². The summed E-state index contributed by atoms with van der Waals surface area (Å²) >= 11 is 0. The van der Waals surface area contributed by atoms with Gasteiger partial charge in [0.2, 0.25) is 5.91 Å². The normalized spacial score (nSPS) is 16.1. The highest BCUT2D eigenvalue weighted by molar-refractivity contribution is 5.78. The van der Waals surface area contributed by atoms with Crippen LogP contribution in [-0.4, -0.2) is 42.6 Å². The predicted octanol–water partition coefficient (Wildman–Crippen LogP) is 2.94. The SMILES string of the molecule is CCCCOC(=O)N1CCC(NC(=O)C(CC)CC)CC1. The molecule has 0 bridgehead atoms. The number of amides is 2. The molecule has 0 aromatic heterocycles. The summed E-state index contributed by atoms with van der Waals surface area (Å²) in [4.78, 5) is 25.6. The molecule has 1 N–H and O–H groups in total. The summed E-state index contributed by atoms with van der Waals surface area (Å²) in [5, 5.41) is 3.11. The number of nitrogens with zero attached hydrogens (tertiary/aromatic N) is 1. The zero-order chi connectivity index (χ0) is 15.7. The van der Waals surface area contributed by atoms with Crippen LogP contribution in [0.5, 0.6) is 0 Å². The fourth-order valence-corrected chi connectivity index (χ4v) is 2.58. The minimum atomic E-state index is -0.215. The van der Waals surface area contributed by atoms with E-state index in [9.17, 15) is 9.59 Å². The lowest BCUT2D eigenvalue weighted by atomic mass is 10.00. The van der Waals surface area contributed by atoms with Crippen molar-refractivity contribution in [3.05, 3.63) is 0 Å². The lowest BCUT2D eigenvalue weighted by molar-refractivity contribution is -0.126. The fourth-order valence-electron chi connectivity index (χ4n) is 2.58. The number of carbonyl (C=O) groups is 2. The first-order valence-electron chi connectivity index (χ1n) is 8.34. The van der Waals surface area contributed by atoms with Crippen LogP contribution in [0, 0.1) is 5.92 Å². The third-order valence-corrected chi connectivity index (χ3v) is 4.18. The molecule has 1 aliphatic heterocycles. The van der Waals surface area contributed by atoms with E-state index in [0.717, 1.165) is 38.5 Å². The maximum absolute atomic E-state index is 12.0. The summed E-state index contributed by atoms with van der Waals surface area (Å²) < 4.78 is 5.21. The quantitative estimate of drug-likeness (QED) is 0.735. The number of unbranched alkanes of at least 4 members (excludes halogenated alkanes) is 1. The number of carbonyl (C=O) groups excluding carboxylic acids is 2. The van der Waals surface area contributed by atoms with Gasteiger partial charge in [-0.1, -0.05) is 27.2 Å². The van der Waals surface area contributed by atoms with Crippen LogP contribution in [0.3, 0.4) is 0 Å². The van der Waals surface area contributed by atoms with Crippen molar-refractivity contribution < 1.29 is 14.3 Å². The maximum Gasteiger partial charge on any atom is 0.409 e. The monoisotopic (exact) mass is 298 g/mol. The molecule has 21 heavy (non-hydrogen) atoms. The minimum absolute atomic E-state index is 0.113. The largest absolute Gasteiger partial charge is 0.449 e. The van der Waals surface area contributed by atoms with Gasteiger partial charge in [-0.15, -0.1) is 0 Å². The average Bonchev–Trinajstić information content (AvgIpc) is 2.49. The van der Waals surface area contributed by atoms with Gasteiger partial charge in [-0.2, -0.15) is 0 Å². The zero-order valence-electron chi connectivity index (χ0n) is 13.7. The van der Waals surface area contributed by atoms with Crippen LogP contribution in [0.15, 0.2) is 0 Å². The van der Waals surface area contributed by atoms with Gasteiger partial charge in [0.05, 0.1) is 6.61 Å². The molecule has 1 fully saturated rings. The van der Waals surface area contributed by atoms with Crippen LogP contribution in [-0.2, 0) is 9.53 Å². The van der Waals surface area contributed by atoms with Gasteiger partial charge in [0.15, 0.2) is 0 Å². The molecular weight excluding hydrogens is 268 g/mol. The Morgan fingerprint density at radius 3 is 2.33 bits per heavy atom. The van der Waals surface area contributed by atoms with Gasteiger partial charge in [-0.3, -0.25) is 4.79 Å². The Morgan fingerprint density at radius 1 is 1.19 bits per heavy atom. The second-order valence-corrected chi connectivity index (χ2v) is 5.75. The Labute approximate surface area is 128 Å². The molecule has 0 spiro atoms. The first-order valence-corrected chi connectivity index (χ1v) is 8.34. The van der Waals surface area contributed by atoms with Crippen LogP contribution in [0.2, 0.25) is 0 Å². The molecule has 1 rings (SSSR count). The summed E-state index contributed by atoms with van der Waals surface area (Å²) in [5.41, 5.74) is 0. The van der Waals surface area contributed by atoms with E-state index < -0.39 is 0 Å². The summed E-state index contributed by atoms with van der Waals surface area (Å²) in [7, 11) is 0. The van der Waals surface area contributed by atoms with Crippen molar-refractivity contribution in [1.29, 1.82) is 0 Å². The minimum Gasteiger partial charge on any atom is -0.449 e. The van der Waals surface area contributed by atoms with Gasteiger partial charge >= 0.3 is 6.09 Å². The number of nitrogens with one attached hydrogen (secondary N) is 1. The molecule has 0 unspecified atom stereocenters. The maximum atomic E-state index is 12.0. The second kappa shape index (κ2) is 9.64. The third kappa shape index (κ3) is 5.94. The van der Waals surface area contributed by atoms with E-state index in [1.165, 1.54) is 0 Å². The Bertz CT molecular complexity index is 321. The average molecular weight is 298 g/mol. The van der Waals surface area contributed by atoms with E-state index in [2.05, 4.69) is 12.2 Å². The summed E-state index contributed by atoms with van der Waals surface area (Å²) in [6.45, 7) is 7.99. The fraction of sp³-hybridized carbons (Fsp3) is 0.875. The lowest BCUT2D eigenvalue weighted by Crippen LogP contribution is -2.47. The lowest BCUT2D eigenvalue weighted by Gasteiger charge is -2.32. The van der Waals surface area contributed by atoms with E-state index in [1.807, 2.05) is 13.8 Å². The van der Waals surface area contributed by atoms with Crippen molar-refractivity contribution in [3.8, 4) is 0 Å². The summed E-state index contributed by atoms with van der Waals surface area (Å²) in [6.07, 6.45) is 5.11. The summed E-state index contributed by atoms with van der Waals surface area (Å²) in [5.74, 6) is 0.269. The predicted molar refractivity (Wildman–Crippen MR) is 83.1 cm³/mol. The van der Waals surface area contributed by atoms with Crippen molar-refractivity contribution in [3.63, 3.8) is 0 Å². The van der Waals surface area contributed by atoms with Gasteiger partial charge in [0.1, 0.15) is 0 Å². The van der Waals surface area contributed by atoms with E-state index in [1.54, 1.807) is 4.90 Å². The standard InChI is InChI=1S/C16H30N2O3/c1-4-7-12-21-16(20)18-10-8-14(9-11-18)17-15(19)13(5-2)6-3/h13-14H,4-12H2,1-3H3,(H,17,19). The molecule has 0 aromatic carbocycles. The third-order valence-electron chi connectivity index (χ3n) is 4.18. The smallest absolute Gasteiger partial charge is 0.409 e. The number of likely N-dealkylation sites (tertiary alicyclic amines) is 1. The molecular formula is C16H30N2O3. The molecule has 1 saturated heterocycles. The Morgan fingerprint density at radius 2 is 1.81 bits per heavy atom. The molecule has 122 valence electrons. The van der Waals surface area contributed by atoms with Crippen molar-refractivity contribution in [2.45, 2.75) is 65.3 Å². The van der Waals surface area contributed by atoms with Gasteiger partial charge in [-0.05, 0) is 32.1 Å². The van der Waals surface area contributed by atoms with Crippen molar-refractivity contribution in [2.24, 2.45) is 5.92 Å². The molecule has 5 heteroatoms. The van der Waals surface area contributed by atoms with Gasteiger partial charge in [0, 0.05) is 25.0 Å². The Kier molecular flexibility index (Phi) is 8.16. The van der Waals surface area contributed by atoms with Crippen molar-refractivity contribution >= 4 is 12.0 Å². The Hall–Kier alpha value is -1.26. The first kappa shape index (κ1) is 17.8. The zero-order valence-corrected chi connectivity index (χ0v) is 13.7. The molecule has 1 aliphatic rings. The molecule has 1 heterocycles. The molecule has 0 aromatic rings. The molecule has 0 radical (unpaired) electrons. The van der Waals surface area contributed by atoms with Crippen LogP contribution >= 0.6 is 0 Å². The van der Waals surface area contributed by atoms with E-state index >= 15 is 0 Å². The van der Waals surface area contributed by atoms with Crippen molar-refractivity contribution in [1.82, 2.24) is 10.2 Å². The molecule has 5 nitrogen and oxygen atoms in total. The summed E-state index contributed by atoms with van der Waals surface area (Å²) in [6, 6.07) is 0.192. The number of hydrogen-bond acceptors (Lipinski definition) is 3. The van der Waals surface area contributed by atoms with Crippen molar-refractivity contribution in [2.75, 3.05) is 19.7 Å². The highest BCUT2D eigenvalue weighted by Crippen LogP contribution is 2.14. The number of ether oxygens (including phenoxy) is 1. The van der Waals surface area contributed by atoms with E-state index in [4.69, 9.17) is 4.74 Å². The molecule has 2 amide bonds. The van der Waals surface area contributed by atoms with Crippen LogP contribution in [0.25, 0.3) is 0 Å². The van der Waals surface area contributed by atoms with Crippen LogP contribution in [0.4, 0.5) is 4.79 Å². The Balaban J connectivity index is 2.28. The second-order valence-electron chi connectivity index (χ2n) is 5.75. The highest BCUT2D eigenvalue weighted by Gasteiger charge is 2.26. The van der Waals surface area contributed by atoms with Gasteiger partial charge in [-0.25, -0.2) is 4.79 Å². The number of piperidine rings is 1. The first-order chi connectivity index (χ1) is 10.1. The van der Waals surface area contributed by atoms with Crippen LogP contribution < -0.4 is 5.32 Å². The molecule has 0 atom stereocenters. The topological polar surface area (TPSA) is 58.6 Å². The van der Waals surface area contributed by atoms with E-state index in [0.29, 0.717) is 19.7 Å².